The molecule has 0 fully saturated rings. The molecular formula is C21H22N2O6S2. The van der Waals surface area contributed by atoms with E-state index in [2.05, 4.69) is 10.6 Å². The number of carbonyl (C=O) groups excluding carboxylic acids is 3. The van der Waals surface area contributed by atoms with Gasteiger partial charge in [-0.15, -0.1) is 22.7 Å². The fourth-order valence-corrected chi connectivity index (χ4v) is 4.33. The molecule has 0 spiro atoms. The summed E-state index contributed by atoms with van der Waals surface area (Å²) >= 11 is 2.56. The van der Waals surface area contributed by atoms with Crippen molar-refractivity contribution in [2.45, 2.75) is 6.92 Å². The van der Waals surface area contributed by atoms with Gasteiger partial charge < -0.3 is 19.5 Å². The van der Waals surface area contributed by atoms with Crippen molar-refractivity contribution in [3.8, 4) is 0 Å². The zero-order valence-corrected chi connectivity index (χ0v) is 18.5. The minimum Gasteiger partial charge on any atom is -0.447 e. The molecule has 2 N–H and O–H groups in total. The number of ether oxygens (including phenoxy) is 3. The molecule has 0 saturated heterocycles. The minimum absolute atomic E-state index is 0.00437. The molecule has 0 unspecified atom stereocenters. The average molecular weight is 463 g/mol. The number of benzene rings is 1. The highest BCUT2D eigenvalue weighted by atomic mass is 32.1. The van der Waals surface area contributed by atoms with E-state index in [0.717, 1.165) is 10.1 Å². The lowest BCUT2D eigenvalue weighted by Gasteiger charge is -2.08. The largest absolute Gasteiger partial charge is 0.447 e. The lowest BCUT2D eigenvalue weighted by molar-refractivity contribution is 0.0313. The lowest BCUT2D eigenvalue weighted by atomic mass is 10.2. The van der Waals surface area contributed by atoms with Crippen LogP contribution in [0, 0.1) is 0 Å². The number of carbonyl (C=O) groups is 3. The maximum Gasteiger partial charge on any atom is 0.414 e. The van der Waals surface area contributed by atoms with Gasteiger partial charge in [-0.1, -0.05) is 18.2 Å². The third kappa shape index (κ3) is 6.59. The highest BCUT2D eigenvalue weighted by Crippen LogP contribution is 2.28. The number of imide groups is 1. The second-order valence-electron chi connectivity index (χ2n) is 6.17. The molecule has 10 heteroatoms. The Labute approximate surface area is 187 Å². The zero-order valence-electron chi connectivity index (χ0n) is 16.8. The van der Waals surface area contributed by atoms with Gasteiger partial charge in [0.15, 0.2) is 0 Å². The molecule has 0 aliphatic heterocycles. The molecular weight excluding hydrogens is 440 g/mol. The van der Waals surface area contributed by atoms with E-state index in [1.807, 2.05) is 31.2 Å². The summed E-state index contributed by atoms with van der Waals surface area (Å²) in [7, 11) is 0. The van der Waals surface area contributed by atoms with Crippen LogP contribution in [0.4, 0.5) is 9.80 Å². The topological polar surface area (TPSA) is 103 Å². The van der Waals surface area contributed by atoms with Crippen LogP contribution in [0.3, 0.4) is 0 Å². The number of hydrogen-bond donors (Lipinski definition) is 2. The predicted octanol–water partition coefficient (Wildman–Crippen LogP) is 4.13. The van der Waals surface area contributed by atoms with Crippen LogP contribution in [0.25, 0.3) is 10.1 Å². The number of nitrogens with one attached hydrogen (secondary N) is 2. The quantitative estimate of drug-likeness (QED) is 0.439. The molecule has 2 heterocycles. The Balaban J connectivity index is 1.49. The summed E-state index contributed by atoms with van der Waals surface area (Å²) in [5.41, 5.74) is 0.185. The molecule has 8 nitrogen and oxygen atoms in total. The Bertz CT molecular complexity index is 1010. The van der Waals surface area contributed by atoms with Gasteiger partial charge in [-0.05, 0) is 35.9 Å². The third-order valence-corrected chi connectivity index (χ3v) is 5.98. The lowest BCUT2D eigenvalue weighted by Crippen LogP contribution is -2.32. The van der Waals surface area contributed by atoms with Crippen LogP contribution in [-0.2, 0) is 14.2 Å². The first-order valence-corrected chi connectivity index (χ1v) is 11.3. The van der Waals surface area contributed by atoms with Crippen molar-refractivity contribution in [1.82, 2.24) is 5.32 Å². The fourth-order valence-electron chi connectivity index (χ4n) is 2.60. The Hall–Kier alpha value is -2.79. The first kappa shape index (κ1) is 22.9. The van der Waals surface area contributed by atoms with Gasteiger partial charge in [0.2, 0.25) is 0 Å². The van der Waals surface area contributed by atoms with Crippen LogP contribution in [0.5, 0.6) is 0 Å². The smallest absolute Gasteiger partial charge is 0.414 e. The SMILES string of the molecule is CCOCCOCCOC(=O)NC(=O)c1ccsc1NC(=O)c1cc2ccccc2s1. The maximum absolute atomic E-state index is 12.6. The summed E-state index contributed by atoms with van der Waals surface area (Å²) in [6.45, 7) is 3.57. The van der Waals surface area contributed by atoms with Gasteiger partial charge in [0.1, 0.15) is 11.6 Å². The van der Waals surface area contributed by atoms with E-state index in [1.165, 1.54) is 28.7 Å². The Kier molecular flexibility index (Phi) is 8.53. The number of anilines is 1. The molecule has 0 aliphatic carbocycles. The molecule has 1 aromatic carbocycles. The van der Waals surface area contributed by atoms with E-state index in [0.29, 0.717) is 29.7 Å². The van der Waals surface area contributed by atoms with Crippen LogP contribution < -0.4 is 10.6 Å². The van der Waals surface area contributed by atoms with Crippen molar-refractivity contribution in [2.24, 2.45) is 0 Å². The predicted molar refractivity (Wildman–Crippen MR) is 120 cm³/mol. The number of thiophene rings is 2. The second-order valence-corrected chi connectivity index (χ2v) is 8.17. The number of fused-ring (bicyclic) bond motifs is 1. The van der Waals surface area contributed by atoms with E-state index in [4.69, 9.17) is 14.2 Å². The van der Waals surface area contributed by atoms with Gasteiger partial charge in [0, 0.05) is 11.3 Å². The van der Waals surface area contributed by atoms with Crippen molar-refractivity contribution >= 4 is 55.7 Å². The van der Waals surface area contributed by atoms with E-state index in [9.17, 15) is 14.4 Å². The molecule has 0 saturated carbocycles. The molecule has 3 aromatic rings. The zero-order chi connectivity index (χ0) is 22.1. The van der Waals surface area contributed by atoms with Crippen LogP contribution in [-0.4, -0.2) is 50.9 Å². The van der Waals surface area contributed by atoms with Crippen molar-refractivity contribution in [3.63, 3.8) is 0 Å². The van der Waals surface area contributed by atoms with Gasteiger partial charge in [0.25, 0.3) is 11.8 Å². The van der Waals surface area contributed by atoms with Crippen LogP contribution >= 0.6 is 22.7 Å². The van der Waals surface area contributed by atoms with E-state index < -0.39 is 12.0 Å². The standard InChI is InChI=1S/C21H22N2O6S2/c1-2-27-8-9-28-10-11-29-21(26)23-18(24)15-7-12-30-20(15)22-19(25)17-13-14-5-3-4-6-16(14)31-17/h3-7,12-13H,2,8-11H2,1H3,(H,22,25)(H,23,24,26). The van der Waals surface area contributed by atoms with Gasteiger partial charge >= 0.3 is 6.09 Å². The summed E-state index contributed by atoms with van der Waals surface area (Å²) in [6, 6.07) is 11.0. The molecule has 2 aromatic heterocycles. The summed E-state index contributed by atoms with van der Waals surface area (Å²) in [6.07, 6.45) is -0.883. The second kappa shape index (κ2) is 11.6. The number of amides is 3. The van der Waals surface area contributed by atoms with E-state index in [-0.39, 0.29) is 24.7 Å². The Morgan fingerprint density at radius 2 is 1.74 bits per heavy atom. The van der Waals surface area contributed by atoms with Crippen LogP contribution in [0.1, 0.15) is 27.0 Å². The monoisotopic (exact) mass is 462 g/mol. The number of alkyl carbamates (subject to hydrolysis) is 1. The molecule has 3 amide bonds. The van der Waals surface area contributed by atoms with Crippen molar-refractivity contribution < 1.29 is 28.6 Å². The highest BCUT2D eigenvalue weighted by molar-refractivity contribution is 7.21. The first-order valence-electron chi connectivity index (χ1n) is 9.59. The highest BCUT2D eigenvalue weighted by Gasteiger charge is 2.19. The molecule has 0 bridgehead atoms. The molecule has 0 aliphatic rings. The Morgan fingerprint density at radius 1 is 0.968 bits per heavy atom. The summed E-state index contributed by atoms with van der Waals surface area (Å²) < 4.78 is 16.3. The van der Waals surface area contributed by atoms with Crippen LogP contribution in [0.2, 0.25) is 0 Å². The van der Waals surface area contributed by atoms with E-state index >= 15 is 0 Å². The van der Waals surface area contributed by atoms with E-state index in [1.54, 1.807) is 11.4 Å². The normalized spacial score (nSPS) is 10.7. The Morgan fingerprint density at radius 3 is 2.55 bits per heavy atom. The number of rotatable bonds is 10. The van der Waals surface area contributed by atoms with Crippen molar-refractivity contribution in [3.05, 3.63) is 52.2 Å². The first-order chi connectivity index (χ1) is 15.1. The van der Waals surface area contributed by atoms with Crippen molar-refractivity contribution in [1.29, 1.82) is 0 Å². The summed E-state index contributed by atoms with van der Waals surface area (Å²) in [5.74, 6) is -0.973. The molecule has 0 atom stereocenters. The van der Waals surface area contributed by atoms with Crippen molar-refractivity contribution in [2.75, 3.05) is 38.4 Å². The van der Waals surface area contributed by atoms with Crippen LogP contribution in [0.15, 0.2) is 41.8 Å². The number of hydrogen-bond acceptors (Lipinski definition) is 8. The third-order valence-electron chi connectivity index (χ3n) is 4.04. The van der Waals surface area contributed by atoms with Gasteiger partial charge in [-0.25, -0.2) is 4.79 Å². The fraction of sp³-hybridized carbons (Fsp3) is 0.286. The summed E-state index contributed by atoms with van der Waals surface area (Å²) in [4.78, 5) is 37.4. The van der Waals surface area contributed by atoms with Gasteiger partial charge in [-0.2, -0.15) is 0 Å². The summed E-state index contributed by atoms with van der Waals surface area (Å²) in [5, 5.41) is 7.88. The van der Waals surface area contributed by atoms with Gasteiger partial charge in [0.05, 0.1) is 30.3 Å². The molecule has 31 heavy (non-hydrogen) atoms. The minimum atomic E-state index is -0.883. The maximum atomic E-state index is 12.6. The molecule has 0 radical (unpaired) electrons. The van der Waals surface area contributed by atoms with Gasteiger partial charge in [-0.3, -0.25) is 14.9 Å². The average Bonchev–Trinajstić information content (AvgIpc) is 3.40. The molecule has 3 rings (SSSR count). The molecule has 164 valence electrons.